The van der Waals surface area contributed by atoms with Crippen LogP contribution < -0.4 is 15.0 Å². The number of nitrogens with zero attached hydrogens (tertiary/aromatic N) is 7. The molecule has 2 atom stereocenters. The molecule has 208 valence electrons. The molecule has 0 saturated carbocycles. The Balaban J connectivity index is 1.09. The van der Waals surface area contributed by atoms with E-state index in [0.717, 1.165) is 51.5 Å². The molecule has 3 aliphatic heterocycles. The lowest BCUT2D eigenvalue weighted by molar-refractivity contribution is -0.0660. The predicted molar refractivity (Wildman–Crippen MR) is 153 cm³/mol. The van der Waals surface area contributed by atoms with Crippen molar-refractivity contribution in [2.75, 3.05) is 69.0 Å². The van der Waals surface area contributed by atoms with Crippen molar-refractivity contribution in [3.05, 3.63) is 54.4 Å². The zero-order valence-electron chi connectivity index (χ0n) is 22.4. The first kappa shape index (κ1) is 26.6. The number of hydrogen-bond donors (Lipinski definition) is 1. The van der Waals surface area contributed by atoms with Crippen LogP contribution in [0.2, 0.25) is 0 Å². The average molecular weight is 561 g/mol. The van der Waals surface area contributed by atoms with Gasteiger partial charge in [-0.3, -0.25) is 4.90 Å². The zero-order valence-corrected chi connectivity index (χ0v) is 23.2. The fourth-order valence-corrected chi connectivity index (χ4v) is 5.96. The molecule has 1 aromatic heterocycles. The fraction of sp³-hybridized carbons (Fsp3) is 0.429. The van der Waals surface area contributed by atoms with Crippen molar-refractivity contribution in [3.63, 3.8) is 0 Å². The van der Waals surface area contributed by atoms with E-state index in [4.69, 9.17) is 9.47 Å². The van der Waals surface area contributed by atoms with Gasteiger partial charge in [0.05, 0.1) is 35.8 Å². The number of nitrogens with one attached hydrogen (secondary N) is 1. The first-order valence-electron chi connectivity index (χ1n) is 13.5. The lowest BCUT2D eigenvalue weighted by atomic mass is 10.1. The molecule has 40 heavy (non-hydrogen) atoms. The van der Waals surface area contributed by atoms with Crippen LogP contribution in [0.15, 0.2) is 48.8 Å². The van der Waals surface area contributed by atoms with Gasteiger partial charge >= 0.3 is 0 Å². The predicted octanol–water partition coefficient (Wildman–Crippen LogP) is 2.42. The summed E-state index contributed by atoms with van der Waals surface area (Å²) in [6.45, 7) is 7.14. The number of rotatable bonds is 8. The van der Waals surface area contributed by atoms with E-state index in [2.05, 4.69) is 48.3 Å². The molecular weight excluding hydrogens is 528 g/mol. The van der Waals surface area contributed by atoms with Gasteiger partial charge in [0, 0.05) is 62.5 Å². The van der Waals surface area contributed by atoms with Crippen molar-refractivity contribution < 1.29 is 13.7 Å². The standard InChI is InChI=1S/C28H32N8O3S/c1-40(37)36-9-8-25(16-36)39-26-7-2-20(14-21(26)15-29)27-30-19-31-28(33-27)32-22-3-5-23(6-4-22)34-10-12-35(13-11-34)24-17-38-18-24/h2-7,14,19,24-25H,8-13,16-18H2,1H3,(H,30,31,32,33)/t25-,40?/m1/s1. The Labute approximate surface area is 236 Å². The van der Waals surface area contributed by atoms with E-state index in [0.29, 0.717) is 47.8 Å². The summed E-state index contributed by atoms with van der Waals surface area (Å²) in [6.07, 6.45) is 3.79. The van der Waals surface area contributed by atoms with Crippen LogP contribution in [-0.2, 0) is 15.7 Å². The van der Waals surface area contributed by atoms with Gasteiger partial charge in [0.25, 0.3) is 0 Å². The van der Waals surface area contributed by atoms with Crippen LogP contribution in [0.5, 0.6) is 5.75 Å². The summed E-state index contributed by atoms with van der Waals surface area (Å²) < 4.78 is 25.0. The van der Waals surface area contributed by atoms with Gasteiger partial charge in [-0.1, -0.05) is 0 Å². The molecule has 3 saturated heterocycles. The molecule has 12 heteroatoms. The largest absolute Gasteiger partial charge is 0.488 e. The van der Waals surface area contributed by atoms with Crippen LogP contribution in [0.4, 0.5) is 17.3 Å². The molecule has 0 spiro atoms. The highest BCUT2D eigenvalue weighted by Gasteiger charge is 2.29. The average Bonchev–Trinajstić information content (AvgIpc) is 3.42. The minimum Gasteiger partial charge on any atom is -0.488 e. The van der Waals surface area contributed by atoms with Gasteiger partial charge in [0.1, 0.15) is 24.3 Å². The molecule has 0 bridgehead atoms. The number of ether oxygens (including phenoxy) is 2. The molecule has 4 heterocycles. The van der Waals surface area contributed by atoms with Crippen molar-refractivity contribution >= 4 is 28.3 Å². The summed E-state index contributed by atoms with van der Waals surface area (Å²) in [5.41, 5.74) is 3.18. The third-order valence-electron chi connectivity index (χ3n) is 7.63. The van der Waals surface area contributed by atoms with Crippen molar-refractivity contribution in [1.29, 1.82) is 5.26 Å². The van der Waals surface area contributed by atoms with E-state index in [1.165, 1.54) is 12.0 Å². The highest BCUT2D eigenvalue weighted by atomic mass is 32.2. The van der Waals surface area contributed by atoms with E-state index in [1.54, 1.807) is 18.4 Å². The van der Waals surface area contributed by atoms with E-state index in [9.17, 15) is 9.47 Å². The number of benzene rings is 2. The Hall–Kier alpha value is -3.63. The van der Waals surface area contributed by atoms with Crippen molar-refractivity contribution in [2.24, 2.45) is 0 Å². The Kier molecular flexibility index (Phi) is 7.88. The monoisotopic (exact) mass is 560 g/mol. The SMILES string of the molecule is CS(=O)N1CC[C@@H](Oc2ccc(-c3ncnc(Nc4ccc(N5CCN(C6COC6)CC5)cc4)n3)cc2C#N)C1. The molecule has 2 aromatic carbocycles. The van der Waals surface area contributed by atoms with E-state index >= 15 is 0 Å². The minimum atomic E-state index is -1.02. The van der Waals surface area contributed by atoms with Crippen molar-refractivity contribution in [1.82, 2.24) is 24.2 Å². The van der Waals surface area contributed by atoms with Crippen molar-refractivity contribution in [2.45, 2.75) is 18.6 Å². The summed E-state index contributed by atoms with van der Waals surface area (Å²) in [5.74, 6) is 1.39. The molecule has 6 rings (SSSR count). The van der Waals surface area contributed by atoms with E-state index in [-0.39, 0.29) is 6.10 Å². The number of hydrogen-bond acceptors (Lipinski definition) is 10. The molecule has 0 aliphatic carbocycles. The third kappa shape index (κ3) is 5.93. The van der Waals surface area contributed by atoms with Crippen LogP contribution in [0.3, 0.4) is 0 Å². The number of anilines is 3. The van der Waals surface area contributed by atoms with E-state index < -0.39 is 11.0 Å². The normalized spacial score (nSPS) is 21.0. The number of nitriles is 1. The second-order valence-corrected chi connectivity index (χ2v) is 11.5. The van der Waals surface area contributed by atoms with Gasteiger partial charge in [0.15, 0.2) is 5.82 Å². The lowest BCUT2D eigenvalue weighted by Gasteiger charge is -2.43. The Morgan fingerprint density at radius 3 is 2.55 bits per heavy atom. The second-order valence-electron chi connectivity index (χ2n) is 10.2. The topological polar surface area (TPSA) is 120 Å². The summed E-state index contributed by atoms with van der Waals surface area (Å²) in [4.78, 5) is 18.1. The molecule has 11 nitrogen and oxygen atoms in total. The number of aromatic nitrogens is 3. The molecule has 3 aliphatic rings. The zero-order chi connectivity index (χ0) is 27.5. The summed E-state index contributed by atoms with van der Waals surface area (Å²) >= 11 is 0. The maximum atomic E-state index is 11.7. The Morgan fingerprint density at radius 1 is 1.07 bits per heavy atom. The summed E-state index contributed by atoms with van der Waals surface area (Å²) in [5, 5.41) is 13.0. The molecule has 3 aromatic rings. The summed E-state index contributed by atoms with van der Waals surface area (Å²) in [7, 11) is -1.02. The first-order chi connectivity index (χ1) is 19.6. The quantitative estimate of drug-likeness (QED) is 0.440. The fourth-order valence-electron chi connectivity index (χ4n) is 5.23. The van der Waals surface area contributed by atoms with E-state index in [1.807, 2.05) is 22.5 Å². The lowest BCUT2D eigenvalue weighted by Crippen LogP contribution is -2.56. The van der Waals surface area contributed by atoms with Gasteiger partial charge in [-0.15, -0.1) is 0 Å². The highest BCUT2D eigenvalue weighted by Crippen LogP contribution is 2.28. The van der Waals surface area contributed by atoms with Gasteiger partial charge in [-0.05, 0) is 48.9 Å². The molecule has 0 amide bonds. The van der Waals surface area contributed by atoms with Gasteiger partial charge in [-0.2, -0.15) is 10.2 Å². The minimum absolute atomic E-state index is 0.103. The molecular formula is C28H32N8O3S. The third-order valence-corrected chi connectivity index (χ3v) is 8.69. The molecule has 1 unspecified atom stereocenters. The molecule has 3 fully saturated rings. The number of piperazine rings is 1. The van der Waals surface area contributed by atoms with Gasteiger partial charge < -0.3 is 19.7 Å². The Morgan fingerprint density at radius 2 is 1.88 bits per heavy atom. The van der Waals surface area contributed by atoms with Gasteiger partial charge in [0.2, 0.25) is 5.95 Å². The van der Waals surface area contributed by atoms with Crippen LogP contribution in [-0.4, -0.2) is 99.2 Å². The maximum Gasteiger partial charge on any atom is 0.230 e. The summed E-state index contributed by atoms with van der Waals surface area (Å²) in [6, 6.07) is 16.4. The second kappa shape index (κ2) is 11.9. The first-order valence-corrected chi connectivity index (χ1v) is 15.0. The van der Waals surface area contributed by atoms with Crippen LogP contribution in [0, 0.1) is 11.3 Å². The molecule has 1 N–H and O–H groups in total. The van der Waals surface area contributed by atoms with Crippen LogP contribution in [0.1, 0.15) is 12.0 Å². The molecule has 0 radical (unpaired) electrons. The van der Waals surface area contributed by atoms with Crippen LogP contribution in [0.25, 0.3) is 11.4 Å². The smallest absolute Gasteiger partial charge is 0.230 e. The van der Waals surface area contributed by atoms with Crippen LogP contribution >= 0.6 is 0 Å². The van der Waals surface area contributed by atoms with Gasteiger partial charge in [-0.25, -0.2) is 18.5 Å². The maximum absolute atomic E-state index is 11.7. The van der Waals surface area contributed by atoms with Crippen molar-refractivity contribution in [3.8, 4) is 23.2 Å². The highest BCUT2D eigenvalue weighted by molar-refractivity contribution is 7.81. The Bertz CT molecular complexity index is 1400.